The van der Waals surface area contributed by atoms with Gasteiger partial charge < -0.3 is 10.2 Å². The first-order valence-corrected chi connectivity index (χ1v) is 7.23. The van der Waals surface area contributed by atoms with Gasteiger partial charge in [0.2, 0.25) is 11.8 Å². The predicted octanol–water partition coefficient (Wildman–Crippen LogP) is 1.95. The Labute approximate surface area is 120 Å². The minimum Gasteiger partial charge on any atom is -0.350 e. The normalized spacial score (nSPS) is 22.4. The van der Waals surface area contributed by atoms with Crippen LogP contribution < -0.4 is 5.32 Å². The predicted molar refractivity (Wildman–Crippen MR) is 79.0 cm³/mol. The summed E-state index contributed by atoms with van der Waals surface area (Å²) in [6, 6.07) is -0.293. The highest BCUT2D eigenvalue weighted by Gasteiger charge is 2.34. The lowest BCUT2D eigenvalue weighted by Gasteiger charge is -2.22. The van der Waals surface area contributed by atoms with Crippen LogP contribution in [0.15, 0.2) is 35.5 Å². The van der Waals surface area contributed by atoms with Gasteiger partial charge in [-0.15, -0.1) is 0 Å². The molecule has 0 radical (unpaired) electrons. The van der Waals surface area contributed by atoms with Crippen molar-refractivity contribution in [2.24, 2.45) is 0 Å². The van der Waals surface area contributed by atoms with Gasteiger partial charge in [-0.2, -0.15) is 0 Å². The maximum absolute atomic E-state index is 12.2. The molecule has 2 amide bonds. The van der Waals surface area contributed by atoms with Gasteiger partial charge in [0.25, 0.3) is 0 Å². The molecule has 2 rings (SSSR count). The van der Waals surface area contributed by atoms with Gasteiger partial charge in [0.15, 0.2) is 0 Å². The van der Waals surface area contributed by atoms with E-state index in [4.69, 9.17) is 0 Å². The molecule has 1 N–H and O–H groups in total. The number of hydrogen-bond donors (Lipinski definition) is 1. The molecule has 2 aliphatic rings. The number of amides is 2. The van der Waals surface area contributed by atoms with E-state index in [0.29, 0.717) is 25.9 Å². The Bertz CT molecular complexity index is 489. The monoisotopic (exact) mass is 274 g/mol. The molecule has 0 saturated carbocycles. The van der Waals surface area contributed by atoms with Crippen molar-refractivity contribution in [3.8, 4) is 0 Å². The fraction of sp³-hybridized carbons (Fsp3) is 0.500. The molecule has 1 heterocycles. The van der Waals surface area contributed by atoms with Crippen molar-refractivity contribution in [3.05, 3.63) is 35.5 Å². The summed E-state index contributed by atoms with van der Waals surface area (Å²) in [5, 5.41) is 2.96. The van der Waals surface area contributed by atoms with Gasteiger partial charge in [0.05, 0.1) is 0 Å². The fourth-order valence-corrected chi connectivity index (χ4v) is 2.67. The van der Waals surface area contributed by atoms with Crippen LogP contribution in [0.1, 0.15) is 33.1 Å². The van der Waals surface area contributed by atoms with Crippen LogP contribution in [-0.4, -0.2) is 35.8 Å². The van der Waals surface area contributed by atoms with E-state index in [1.165, 1.54) is 5.57 Å². The zero-order valence-electron chi connectivity index (χ0n) is 12.2. The SMILES string of the molecule is CCN1C(=O)CCC1C(=O)NCC1=C(C)C=CCC=C1. The van der Waals surface area contributed by atoms with Crippen LogP contribution >= 0.6 is 0 Å². The second-order valence-electron chi connectivity index (χ2n) is 5.20. The standard InChI is InChI=1S/C16H22N2O2/c1-3-18-14(9-10-15(18)19)16(20)17-11-13-8-6-4-5-7-12(13)2/h5-8,14H,3-4,9-11H2,1-2H3,(H,17,20). The number of rotatable bonds is 4. The van der Waals surface area contributed by atoms with Gasteiger partial charge in [-0.3, -0.25) is 9.59 Å². The van der Waals surface area contributed by atoms with Gasteiger partial charge >= 0.3 is 0 Å². The molecule has 0 bridgehead atoms. The topological polar surface area (TPSA) is 49.4 Å². The number of hydrogen-bond acceptors (Lipinski definition) is 2. The molecule has 0 spiro atoms. The van der Waals surface area contributed by atoms with Crippen molar-refractivity contribution in [2.75, 3.05) is 13.1 Å². The first-order chi connectivity index (χ1) is 9.63. The van der Waals surface area contributed by atoms with Gasteiger partial charge in [-0.1, -0.05) is 24.3 Å². The van der Waals surface area contributed by atoms with Crippen LogP contribution in [0.5, 0.6) is 0 Å². The van der Waals surface area contributed by atoms with Crippen LogP contribution in [0.3, 0.4) is 0 Å². The molecule has 4 heteroatoms. The molecule has 1 atom stereocenters. The van der Waals surface area contributed by atoms with Crippen LogP contribution in [0.4, 0.5) is 0 Å². The largest absolute Gasteiger partial charge is 0.350 e. The number of nitrogens with one attached hydrogen (secondary N) is 1. The lowest BCUT2D eigenvalue weighted by atomic mass is 10.1. The Morgan fingerprint density at radius 2 is 2.15 bits per heavy atom. The first kappa shape index (κ1) is 14.6. The summed E-state index contributed by atoms with van der Waals surface area (Å²) in [4.78, 5) is 25.5. The van der Waals surface area contributed by atoms with E-state index in [0.717, 1.165) is 12.0 Å². The molecule has 1 unspecified atom stereocenters. The van der Waals surface area contributed by atoms with Gasteiger partial charge in [0.1, 0.15) is 6.04 Å². The minimum absolute atomic E-state index is 0.0420. The maximum atomic E-state index is 12.2. The lowest BCUT2D eigenvalue weighted by Crippen LogP contribution is -2.45. The van der Waals surface area contributed by atoms with Gasteiger partial charge in [-0.25, -0.2) is 0 Å². The number of likely N-dealkylation sites (N-methyl/N-ethyl adjacent to an activating group) is 1. The van der Waals surface area contributed by atoms with E-state index in [9.17, 15) is 9.59 Å². The highest BCUT2D eigenvalue weighted by Crippen LogP contribution is 2.18. The van der Waals surface area contributed by atoms with Crippen LogP contribution in [0, 0.1) is 0 Å². The smallest absolute Gasteiger partial charge is 0.243 e. The Morgan fingerprint density at radius 3 is 2.90 bits per heavy atom. The first-order valence-electron chi connectivity index (χ1n) is 7.23. The van der Waals surface area contributed by atoms with E-state index < -0.39 is 0 Å². The summed E-state index contributed by atoms with van der Waals surface area (Å²) in [5.41, 5.74) is 2.30. The highest BCUT2D eigenvalue weighted by molar-refractivity contribution is 5.91. The third kappa shape index (κ3) is 3.18. The fourth-order valence-electron chi connectivity index (χ4n) is 2.67. The Balaban J connectivity index is 1.96. The lowest BCUT2D eigenvalue weighted by molar-refractivity contribution is -0.134. The minimum atomic E-state index is -0.293. The molecular formula is C16H22N2O2. The number of likely N-dealkylation sites (tertiary alicyclic amines) is 1. The van der Waals surface area contributed by atoms with Crippen LogP contribution in [0.25, 0.3) is 0 Å². The molecule has 20 heavy (non-hydrogen) atoms. The van der Waals surface area contributed by atoms with Crippen molar-refractivity contribution in [2.45, 2.75) is 39.2 Å². The Morgan fingerprint density at radius 1 is 1.40 bits per heavy atom. The number of nitrogens with zero attached hydrogens (tertiary/aromatic N) is 1. The van der Waals surface area contributed by atoms with Crippen LogP contribution in [-0.2, 0) is 9.59 Å². The van der Waals surface area contributed by atoms with E-state index in [-0.39, 0.29) is 17.9 Å². The zero-order valence-corrected chi connectivity index (χ0v) is 12.2. The number of carbonyl (C=O) groups is 2. The van der Waals surface area contributed by atoms with Crippen LogP contribution in [0.2, 0.25) is 0 Å². The molecule has 0 aromatic carbocycles. The average molecular weight is 274 g/mol. The third-order valence-electron chi connectivity index (χ3n) is 3.89. The van der Waals surface area contributed by atoms with E-state index in [2.05, 4.69) is 29.6 Å². The molecule has 1 saturated heterocycles. The summed E-state index contributed by atoms with van der Waals surface area (Å²) in [5.74, 6) is 0.0416. The summed E-state index contributed by atoms with van der Waals surface area (Å²) >= 11 is 0. The summed E-state index contributed by atoms with van der Waals surface area (Å²) in [7, 11) is 0. The summed E-state index contributed by atoms with van der Waals surface area (Å²) in [6.07, 6.45) is 10.4. The molecular weight excluding hydrogens is 252 g/mol. The second-order valence-corrected chi connectivity index (χ2v) is 5.20. The highest BCUT2D eigenvalue weighted by atomic mass is 16.2. The Kier molecular flexibility index (Phi) is 4.77. The number of allylic oxidation sites excluding steroid dienone is 4. The molecule has 1 fully saturated rings. The molecule has 0 aromatic rings. The van der Waals surface area contributed by atoms with Gasteiger partial charge in [-0.05, 0) is 37.8 Å². The second kappa shape index (κ2) is 6.55. The number of carbonyl (C=O) groups excluding carboxylic acids is 2. The Hall–Kier alpha value is -1.84. The molecule has 108 valence electrons. The zero-order chi connectivity index (χ0) is 14.5. The molecule has 1 aliphatic carbocycles. The van der Waals surface area contributed by atoms with Crippen molar-refractivity contribution < 1.29 is 9.59 Å². The van der Waals surface area contributed by atoms with Crippen molar-refractivity contribution >= 4 is 11.8 Å². The summed E-state index contributed by atoms with van der Waals surface area (Å²) < 4.78 is 0. The van der Waals surface area contributed by atoms with Crippen molar-refractivity contribution in [1.82, 2.24) is 10.2 Å². The van der Waals surface area contributed by atoms with Gasteiger partial charge in [0, 0.05) is 19.5 Å². The third-order valence-corrected chi connectivity index (χ3v) is 3.89. The molecule has 1 aliphatic heterocycles. The summed E-state index contributed by atoms with van der Waals surface area (Å²) in [6.45, 7) is 5.08. The van der Waals surface area contributed by atoms with E-state index in [1.54, 1.807) is 4.90 Å². The van der Waals surface area contributed by atoms with Crippen molar-refractivity contribution in [1.29, 1.82) is 0 Å². The van der Waals surface area contributed by atoms with Crippen molar-refractivity contribution in [3.63, 3.8) is 0 Å². The average Bonchev–Trinajstić information content (AvgIpc) is 2.69. The maximum Gasteiger partial charge on any atom is 0.243 e. The van der Waals surface area contributed by atoms with E-state index >= 15 is 0 Å². The molecule has 0 aromatic heterocycles. The quantitative estimate of drug-likeness (QED) is 0.852. The van der Waals surface area contributed by atoms with E-state index in [1.807, 2.05) is 13.8 Å². The molecule has 4 nitrogen and oxygen atoms in total.